The lowest BCUT2D eigenvalue weighted by atomic mass is 10.0. The number of likely N-dealkylation sites (tertiary alicyclic amines) is 1. The molecule has 0 aliphatic carbocycles. The van der Waals surface area contributed by atoms with E-state index in [0.717, 1.165) is 57.7 Å². The topological polar surface area (TPSA) is 39.7 Å². The van der Waals surface area contributed by atoms with Crippen LogP contribution in [0.4, 0.5) is 4.79 Å². The van der Waals surface area contributed by atoms with Gasteiger partial charge in [0.1, 0.15) is 0 Å². The predicted octanol–water partition coefficient (Wildman–Crippen LogP) is 1.46. The first-order valence-electron chi connectivity index (χ1n) is 7.88. The fourth-order valence-corrected chi connectivity index (χ4v) is 3.28. The van der Waals surface area contributed by atoms with Crippen LogP contribution in [0.25, 0.3) is 0 Å². The fraction of sp³-hybridized carbons (Fsp3) is 0.625. The lowest BCUT2D eigenvalue weighted by Crippen LogP contribution is -2.46. The van der Waals surface area contributed by atoms with Crippen molar-refractivity contribution in [3.63, 3.8) is 0 Å². The van der Waals surface area contributed by atoms with Crippen molar-refractivity contribution in [2.24, 2.45) is 0 Å². The maximum absolute atomic E-state index is 12.0. The molecule has 2 saturated heterocycles. The van der Waals surface area contributed by atoms with Crippen LogP contribution in [0.2, 0.25) is 0 Å². The molecule has 2 amide bonds. The van der Waals surface area contributed by atoms with E-state index < -0.39 is 0 Å². The molecule has 2 fully saturated rings. The third-order valence-corrected chi connectivity index (χ3v) is 4.66. The SMILES string of the molecule is CN1CCN(C2CCN(CCc3ccccn3)CC2)C1=O. The van der Waals surface area contributed by atoms with Crippen molar-refractivity contribution in [3.8, 4) is 0 Å². The number of nitrogens with zero attached hydrogens (tertiary/aromatic N) is 4. The molecule has 2 aliphatic heterocycles. The molecule has 5 nitrogen and oxygen atoms in total. The van der Waals surface area contributed by atoms with E-state index in [1.165, 1.54) is 0 Å². The number of hydrogen-bond donors (Lipinski definition) is 0. The van der Waals surface area contributed by atoms with Crippen molar-refractivity contribution in [1.82, 2.24) is 19.7 Å². The van der Waals surface area contributed by atoms with Gasteiger partial charge in [-0.15, -0.1) is 0 Å². The fourth-order valence-electron chi connectivity index (χ4n) is 3.28. The van der Waals surface area contributed by atoms with Crippen molar-refractivity contribution < 1.29 is 4.79 Å². The van der Waals surface area contributed by atoms with Gasteiger partial charge >= 0.3 is 6.03 Å². The van der Waals surface area contributed by atoms with Crippen LogP contribution < -0.4 is 0 Å². The first-order chi connectivity index (χ1) is 10.2. The van der Waals surface area contributed by atoms with Crippen molar-refractivity contribution in [1.29, 1.82) is 0 Å². The molecule has 3 heterocycles. The van der Waals surface area contributed by atoms with Gasteiger partial charge in [-0.3, -0.25) is 4.98 Å². The average Bonchev–Trinajstić information content (AvgIpc) is 2.87. The number of aromatic nitrogens is 1. The molecule has 1 aromatic rings. The Hall–Kier alpha value is -1.62. The van der Waals surface area contributed by atoms with Crippen LogP contribution in [0.3, 0.4) is 0 Å². The summed E-state index contributed by atoms with van der Waals surface area (Å²) < 4.78 is 0. The second-order valence-corrected chi connectivity index (χ2v) is 6.04. The van der Waals surface area contributed by atoms with Crippen molar-refractivity contribution in [3.05, 3.63) is 30.1 Å². The van der Waals surface area contributed by atoms with Gasteiger partial charge in [0.05, 0.1) is 0 Å². The zero-order chi connectivity index (χ0) is 14.7. The summed E-state index contributed by atoms with van der Waals surface area (Å²) in [7, 11) is 1.89. The molecule has 0 unspecified atom stereocenters. The Bertz CT molecular complexity index is 470. The van der Waals surface area contributed by atoms with Crippen LogP contribution in [0.15, 0.2) is 24.4 Å². The molecule has 2 aliphatic rings. The van der Waals surface area contributed by atoms with Crippen LogP contribution >= 0.6 is 0 Å². The van der Waals surface area contributed by atoms with Gasteiger partial charge in [-0.05, 0) is 25.0 Å². The molecule has 0 saturated carbocycles. The van der Waals surface area contributed by atoms with Gasteiger partial charge in [-0.2, -0.15) is 0 Å². The molecule has 0 radical (unpaired) electrons. The van der Waals surface area contributed by atoms with Crippen LogP contribution in [0, 0.1) is 0 Å². The Kier molecular flexibility index (Phi) is 4.39. The predicted molar refractivity (Wildman–Crippen MR) is 82.1 cm³/mol. The first-order valence-corrected chi connectivity index (χ1v) is 7.88. The molecule has 114 valence electrons. The highest BCUT2D eigenvalue weighted by atomic mass is 16.2. The first kappa shape index (κ1) is 14.3. The largest absolute Gasteiger partial charge is 0.326 e. The lowest BCUT2D eigenvalue weighted by molar-refractivity contribution is 0.132. The van der Waals surface area contributed by atoms with Crippen molar-refractivity contribution in [2.45, 2.75) is 25.3 Å². The summed E-state index contributed by atoms with van der Waals surface area (Å²) in [5.41, 5.74) is 1.16. The third kappa shape index (κ3) is 3.35. The van der Waals surface area contributed by atoms with Crippen LogP contribution in [-0.2, 0) is 6.42 Å². The van der Waals surface area contributed by atoms with E-state index in [4.69, 9.17) is 0 Å². The van der Waals surface area contributed by atoms with Crippen LogP contribution in [-0.4, -0.2) is 71.5 Å². The average molecular weight is 288 g/mol. The third-order valence-electron chi connectivity index (χ3n) is 4.66. The second-order valence-electron chi connectivity index (χ2n) is 6.04. The number of piperidine rings is 1. The van der Waals surface area contributed by atoms with E-state index in [1.54, 1.807) is 0 Å². The zero-order valence-corrected chi connectivity index (χ0v) is 12.7. The Morgan fingerprint density at radius 3 is 2.62 bits per heavy atom. The summed E-state index contributed by atoms with van der Waals surface area (Å²) in [6, 6.07) is 6.74. The highest BCUT2D eigenvalue weighted by Gasteiger charge is 2.33. The van der Waals surface area contributed by atoms with E-state index in [1.807, 2.05) is 30.3 Å². The van der Waals surface area contributed by atoms with Gasteiger partial charge in [0.25, 0.3) is 0 Å². The van der Waals surface area contributed by atoms with Crippen molar-refractivity contribution in [2.75, 3.05) is 39.8 Å². The monoisotopic (exact) mass is 288 g/mol. The number of amides is 2. The number of likely N-dealkylation sites (N-methyl/N-ethyl adjacent to an activating group) is 1. The molecular formula is C16H24N4O. The molecule has 3 rings (SSSR count). The van der Waals surface area contributed by atoms with Crippen LogP contribution in [0.5, 0.6) is 0 Å². The summed E-state index contributed by atoms with van der Waals surface area (Å²) in [5.74, 6) is 0. The molecule has 0 spiro atoms. The maximum atomic E-state index is 12.0. The summed E-state index contributed by atoms with van der Waals surface area (Å²) in [4.78, 5) is 22.8. The summed E-state index contributed by atoms with van der Waals surface area (Å²) in [6.07, 6.45) is 5.07. The minimum atomic E-state index is 0.210. The molecule has 1 aromatic heterocycles. The Morgan fingerprint density at radius 2 is 2.00 bits per heavy atom. The quantitative estimate of drug-likeness (QED) is 0.842. The summed E-state index contributed by atoms with van der Waals surface area (Å²) in [5, 5.41) is 0. The van der Waals surface area contributed by atoms with Gasteiger partial charge in [0.15, 0.2) is 0 Å². The number of carbonyl (C=O) groups excluding carboxylic acids is 1. The Labute approximate surface area is 126 Å². The van der Waals surface area contributed by atoms with E-state index >= 15 is 0 Å². The smallest absolute Gasteiger partial charge is 0.320 e. The van der Waals surface area contributed by atoms with Crippen LogP contribution in [0.1, 0.15) is 18.5 Å². The molecule has 21 heavy (non-hydrogen) atoms. The van der Waals surface area contributed by atoms with E-state index in [2.05, 4.69) is 20.9 Å². The Balaban J connectivity index is 1.44. The molecule has 0 N–H and O–H groups in total. The normalized spacial score (nSPS) is 21.3. The number of pyridine rings is 1. The standard InChI is InChI=1S/C16H24N4O/c1-18-12-13-20(16(18)21)15-6-10-19(11-7-15)9-5-14-4-2-3-8-17-14/h2-4,8,15H,5-7,9-13H2,1H3. The number of urea groups is 1. The van der Waals surface area contributed by atoms with E-state index in [-0.39, 0.29) is 6.03 Å². The molecule has 0 atom stereocenters. The Morgan fingerprint density at radius 1 is 1.19 bits per heavy atom. The molecule has 5 heteroatoms. The highest BCUT2D eigenvalue weighted by molar-refractivity contribution is 5.76. The van der Waals surface area contributed by atoms with Gasteiger partial charge < -0.3 is 14.7 Å². The van der Waals surface area contributed by atoms with E-state index in [9.17, 15) is 4.79 Å². The minimum Gasteiger partial charge on any atom is -0.326 e. The molecular weight excluding hydrogens is 264 g/mol. The number of carbonyl (C=O) groups is 1. The summed E-state index contributed by atoms with van der Waals surface area (Å²) >= 11 is 0. The zero-order valence-electron chi connectivity index (χ0n) is 12.7. The van der Waals surface area contributed by atoms with E-state index in [0.29, 0.717) is 6.04 Å². The van der Waals surface area contributed by atoms with Crippen molar-refractivity contribution >= 4 is 6.03 Å². The summed E-state index contributed by atoms with van der Waals surface area (Å²) in [6.45, 7) is 5.01. The molecule has 0 bridgehead atoms. The minimum absolute atomic E-state index is 0.210. The maximum Gasteiger partial charge on any atom is 0.320 e. The van der Waals surface area contributed by atoms with Gasteiger partial charge in [0, 0.05) is 64.1 Å². The second kappa shape index (κ2) is 6.43. The van der Waals surface area contributed by atoms with Gasteiger partial charge in [-0.25, -0.2) is 4.79 Å². The number of rotatable bonds is 4. The highest BCUT2D eigenvalue weighted by Crippen LogP contribution is 2.20. The molecule has 0 aromatic carbocycles. The number of hydrogen-bond acceptors (Lipinski definition) is 3. The van der Waals surface area contributed by atoms with Gasteiger partial charge in [0.2, 0.25) is 0 Å². The van der Waals surface area contributed by atoms with Gasteiger partial charge in [-0.1, -0.05) is 6.07 Å². The lowest BCUT2D eigenvalue weighted by Gasteiger charge is -2.36.